The maximum Gasteiger partial charge on any atom is 0.281 e. The molecule has 0 aliphatic carbocycles. The lowest BCUT2D eigenvalue weighted by Crippen LogP contribution is -2.28. The molecule has 0 fully saturated rings. The first-order valence-electron chi connectivity index (χ1n) is 7.84. The molecule has 122 valence electrons. The summed E-state index contributed by atoms with van der Waals surface area (Å²) in [6, 6.07) is 15.4. The van der Waals surface area contributed by atoms with E-state index in [1.807, 2.05) is 61.5 Å². The lowest BCUT2D eigenvalue weighted by molar-refractivity contribution is 0.613. The summed E-state index contributed by atoms with van der Waals surface area (Å²) in [6.07, 6.45) is 6.69. The van der Waals surface area contributed by atoms with Gasteiger partial charge >= 0.3 is 0 Å². The molecule has 0 bridgehead atoms. The molecule has 0 radical (unpaired) electrons. The van der Waals surface area contributed by atoms with Crippen molar-refractivity contribution < 1.29 is 0 Å². The van der Waals surface area contributed by atoms with Gasteiger partial charge < -0.3 is 0 Å². The Morgan fingerprint density at radius 1 is 0.920 bits per heavy atom. The van der Waals surface area contributed by atoms with Gasteiger partial charge in [0.15, 0.2) is 5.82 Å². The molecule has 6 nitrogen and oxygen atoms in total. The lowest BCUT2D eigenvalue weighted by Gasteiger charge is -2.10. The molecule has 0 saturated heterocycles. The molecule has 0 unspecified atom stereocenters. The van der Waals surface area contributed by atoms with E-state index in [9.17, 15) is 4.79 Å². The van der Waals surface area contributed by atoms with E-state index >= 15 is 0 Å². The average Bonchev–Trinajstić information content (AvgIpc) is 3.15. The molecule has 4 aromatic rings. The third-order valence-electron chi connectivity index (χ3n) is 3.92. The van der Waals surface area contributed by atoms with Crippen LogP contribution in [-0.2, 0) is 0 Å². The number of nitrogens with zero attached hydrogens (tertiary/aromatic N) is 5. The Hall–Kier alpha value is -3.54. The van der Waals surface area contributed by atoms with Crippen LogP contribution in [0.2, 0.25) is 0 Å². The van der Waals surface area contributed by atoms with Crippen LogP contribution in [0.25, 0.3) is 23.1 Å². The van der Waals surface area contributed by atoms with Gasteiger partial charge in [0.1, 0.15) is 12.7 Å². The van der Waals surface area contributed by atoms with Crippen molar-refractivity contribution in [1.82, 2.24) is 24.5 Å². The zero-order valence-corrected chi connectivity index (χ0v) is 13.6. The number of hydrogen-bond acceptors (Lipinski definition) is 4. The quantitative estimate of drug-likeness (QED) is 0.580. The van der Waals surface area contributed by atoms with E-state index in [1.54, 1.807) is 6.07 Å². The Balaban J connectivity index is 1.91. The molecule has 0 aliphatic heterocycles. The maximum absolute atomic E-state index is 12.9. The second-order valence-corrected chi connectivity index (χ2v) is 5.69. The smallest absolute Gasteiger partial charge is 0.267 e. The van der Waals surface area contributed by atoms with Crippen LogP contribution in [0.15, 0.2) is 66.0 Å². The molecular formula is C19H15N5O. The number of fused-ring (bicyclic) bond motifs is 1. The van der Waals surface area contributed by atoms with Crippen LogP contribution in [-0.4, -0.2) is 24.5 Å². The first kappa shape index (κ1) is 15.0. The Kier molecular flexibility index (Phi) is 3.70. The molecule has 4 rings (SSSR count). The van der Waals surface area contributed by atoms with E-state index in [1.165, 1.54) is 27.6 Å². The number of para-hydroxylation sites is 1. The Morgan fingerprint density at radius 2 is 1.64 bits per heavy atom. The van der Waals surface area contributed by atoms with E-state index in [-0.39, 0.29) is 5.56 Å². The van der Waals surface area contributed by atoms with Gasteiger partial charge in [0.05, 0.1) is 10.9 Å². The van der Waals surface area contributed by atoms with Gasteiger partial charge in [-0.25, -0.2) is 9.66 Å². The van der Waals surface area contributed by atoms with Crippen LogP contribution in [0.1, 0.15) is 17.0 Å². The van der Waals surface area contributed by atoms with Crippen molar-refractivity contribution in [3.8, 4) is 0 Å². The van der Waals surface area contributed by atoms with E-state index in [0.717, 1.165) is 5.56 Å². The van der Waals surface area contributed by atoms with E-state index < -0.39 is 0 Å². The van der Waals surface area contributed by atoms with Crippen LogP contribution >= 0.6 is 0 Å². The van der Waals surface area contributed by atoms with Gasteiger partial charge in [-0.2, -0.15) is 4.68 Å². The van der Waals surface area contributed by atoms with Gasteiger partial charge in [-0.1, -0.05) is 48.0 Å². The Bertz CT molecular complexity index is 1110. The van der Waals surface area contributed by atoms with Crippen molar-refractivity contribution in [1.29, 1.82) is 0 Å². The van der Waals surface area contributed by atoms with Crippen LogP contribution in [0, 0.1) is 6.92 Å². The van der Waals surface area contributed by atoms with Gasteiger partial charge in [-0.05, 0) is 30.7 Å². The fraction of sp³-hybridized carbons (Fsp3) is 0.0526. The number of rotatable bonds is 3. The third kappa shape index (κ3) is 2.85. The van der Waals surface area contributed by atoms with E-state index in [0.29, 0.717) is 16.7 Å². The topological polar surface area (TPSA) is 65.6 Å². The fourth-order valence-electron chi connectivity index (χ4n) is 2.62. The fourth-order valence-corrected chi connectivity index (χ4v) is 2.62. The molecule has 25 heavy (non-hydrogen) atoms. The van der Waals surface area contributed by atoms with E-state index in [4.69, 9.17) is 0 Å². The minimum atomic E-state index is -0.172. The number of aromatic nitrogens is 5. The molecule has 0 spiro atoms. The summed E-state index contributed by atoms with van der Waals surface area (Å²) in [7, 11) is 0. The van der Waals surface area contributed by atoms with Crippen molar-refractivity contribution in [3.63, 3.8) is 0 Å². The Morgan fingerprint density at radius 3 is 2.40 bits per heavy atom. The van der Waals surface area contributed by atoms with Gasteiger partial charge in [0.2, 0.25) is 0 Å². The minimum Gasteiger partial charge on any atom is -0.267 e. The predicted molar refractivity (Wildman–Crippen MR) is 96.9 cm³/mol. The standard InChI is InChI=1S/C19H15N5O/c1-14-6-8-15(9-7-14)10-11-18-22-17-5-3-2-4-16(17)19(25)24(18)23-12-20-21-13-23/h2-13H,1H3/b11-10-. The maximum atomic E-state index is 12.9. The van der Waals surface area contributed by atoms with Gasteiger partial charge in [-0.3, -0.25) is 4.79 Å². The van der Waals surface area contributed by atoms with Crippen LogP contribution in [0.4, 0.5) is 0 Å². The van der Waals surface area contributed by atoms with Crippen molar-refractivity contribution in [2.45, 2.75) is 6.92 Å². The molecule has 0 atom stereocenters. The number of benzene rings is 2. The summed E-state index contributed by atoms with van der Waals surface area (Å²) >= 11 is 0. The molecule has 0 amide bonds. The molecule has 6 heteroatoms. The first-order valence-corrected chi connectivity index (χ1v) is 7.84. The molecule has 2 heterocycles. The highest BCUT2D eigenvalue weighted by Crippen LogP contribution is 2.12. The normalized spacial score (nSPS) is 11.4. The number of aryl methyl sites for hydroxylation is 1. The summed E-state index contributed by atoms with van der Waals surface area (Å²) in [5.74, 6) is 0.504. The zero-order chi connectivity index (χ0) is 17.2. The first-order chi connectivity index (χ1) is 12.2. The van der Waals surface area contributed by atoms with Gasteiger partial charge in [0.25, 0.3) is 5.56 Å². The summed E-state index contributed by atoms with van der Waals surface area (Å²) in [6.45, 7) is 2.04. The van der Waals surface area contributed by atoms with Crippen molar-refractivity contribution in [2.75, 3.05) is 0 Å². The average molecular weight is 329 g/mol. The van der Waals surface area contributed by atoms with Gasteiger partial charge in [0, 0.05) is 0 Å². The van der Waals surface area contributed by atoms with Crippen molar-refractivity contribution >= 4 is 23.1 Å². The summed E-state index contributed by atoms with van der Waals surface area (Å²) < 4.78 is 2.98. The minimum absolute atomic E-state index is 0.172. The van der Waals surface area contributed by atoms with Crippen LogP contribution < -0.4 is 5.56 Å². The van der Waals surface area contributed by atoms with Crippen LogP contribution in [0.3, 0.4) is 0 Å². The lowest BCUT2D eigenvalue weighted by atomic mass is 10.1. The molecular weight excluding hydrogens is 314 g/mol. The SMILES string of the molecule is Cc1ccc(/C=C\c2nc3ccccc3c(=O)n2-n2cnnc2)cc1. The second-order valence-electron chi connectivity index (χ2n) is 5.69. The largest absolute Gasteiger partial charge is 0.281 e. The summed E-state index contributed by atoms with van der Waals surface area (Å²) in [5.41, 5.74) is 2.71. The van der Waals surface area contributed by atoms with E-state index in [2.05, 4.69) is 15.2 Å². The summed E-state index contributed by atoms with van der Waals surface area (Å²) in [4.78, 5) is 17.5. The van der Waals surface area contributed by atoms with Crippen molar-refractivity contribution in [3.05, 3.63) is 88.5 Å². The van der Waals surface area contributed by atoms with Crippen LogP contribution in [0.5, 0.6) is 0 Å². The predicted octanol–water partition coefficient (Wildman–Crippen LogP) is 2.78. The third-order valence-corrected chi connectivity index (χ3v) is 3.92. The highest BCUT2D eigenvalue weighted by Gasteiger charge is 2.10. The molecule has 0 N–H and O–H groups in total. The highest BCUT2D eigenvalue weighted by atomic mass is 16.1. The summed E-state index contributed by atoms with van der Waals surface area (Å²) in [5, 5.41) is 8.13. The highest BCUT2D eigenvalue weighted by molar-refractivity contribution is 5.79. The molecule has 0 saturated carbocycles. The van der Waals surface area contributed by atoms with Gasteiger partial charge in [-0.15, -0.1) is 10.2 Å². The Labute approximate surface area is 143 Å². The second kappa shape index (κ2) is 6.16. The number of hydrogen-bond donors (Lipinski definition) is 0. The molecule has 0 aliphatic rings. The molecule has 2 aromatic heterocycles. The van der Waals surface area contributed by atoms with Crippen molar-refractivity contribution in [2.24, 2.45) is 0 Å². The zero-order valence-electron chi connectivity index (χ0n) is 13.6. The molecule has 2 aromatic carbocycles. The monoisotopic (exact) mass is 329 g/mol.